The van der Waals surface area contributed by atoms with Crippen LogP contribution in [0.5, 0.6) is 0 Å². The van der Waals surface area contributed by atoms with Crippen molar-refractivity contribution in [3.05, 3.63) is 71.6 Å². The van der Waals surface area contributed by atoms with E-state index >= 15 is 0 Å². The van der Waals surface area contributed by atoms with E-state index in [4.69, 9.17) is 16.0 Å². The van der Waals surface area contributed by atoms with E-state index in [1.54, 1.807) is 30.3 Å². The lowest BCUT2D eigenvalue weighted by Crippen LogP contribution is -2.10. The first kappa shape index (κ1) is 17.1. The second kappa shape index (κ2) is 7.01. The van der Waals surface area contributed by atoms with Gasteiger partial charge in [-0.25, -0.2) is 4.98 Å². The molecule has 25 heavy (non-hydrogen) atoms. The van der Waals surface area contributed by atoms with Gasteiger partial charge in [0.15, 0.2) is 5.76 Å². The molecule has 0 fully saturated rings. The third-order valence-corrected chi connectivity index (χ3v) is 3.94. The molecule has 0 bridgehead atoms. The number of benzene rings is 2. The van der Waals surface area contributed by atoms with Crippen LogP contribution in [-0.4, -0.2) is 15.9 Å². The van der Waals surface area contributed by atoms with Crippen LogP contribution in [0.4, 0.5) is 5.69 Å². The number of para-hydroxylation sites is 2. The molecule has 0 radical (unpaired) electrons. The maximum atomic E-state index is 12.1. The molecule has 0 unspecified atom stereocenters. The summed E-state index contributed by atoms with van der Waals surface area (Å²) in [6.07, 6.45) is 1.45. The zero-order valence-electron chi connectivity index (χ0n) is 12.8. The van der Waals surface area contributed by atoms with Gasteiger partial charge in [-0.1, -0.05) is 23.7 Å². The number of anilines is 1. The Labute approximate surface area is 154 Å². The van der Waals surface area contributed by atoms with E-state index in [1.165, 1.54) is 6.26 Å². The molecule has 0 aliphatic carbocycles. The first-order valence-electron chi connectivity index (χ1n) is 7.30. The zero-order chi connectivity index (χ0) is 16.5. The highest BCUT2D eigenvalue weighted by molar-refractivity contribution is 6.33. The van der Waals surface area contributed by atoms with Crippen molar-refractivity contribution in [1.29, 1.82) is 0 Å². The molecule has 0 saturated heterocycles. The summed E-state index contributed by atoms with van der Waals surface area (Å²) in [6, 6.07) is 16.2. The highest BCUT2D eigenvalue weighted by Crippen LogP contribution is 2.30. The van der Waals surface area contributed by atoms with Crippen molar-refractivity contribution in [2.45, 2.75) is 0 Å². The van der Waals surface area contributed by atoms with Crippen LogP contribution in [0.3, 0.4) is 0 Å². The lowest BCUT2D eigenvalue weighted by molar-refractivity contribution is 0.0996. The van der Waals surface area contributed by atoms with E-state index in [1.807, 2.05) is 24.3 Å². The van der Waals surface area contributed by atoms with Crippen LogP contribution in [0.2, 0.25) is 5.02 Å². The van der Waals surface area contributed by atoms with Crippen LogP contribution < -0.4 is 5.32 Å². The molecule has 2 heterocycles. The number of hydrogen-bond acceptors (Lipinski definition) is 3. The fourth-order valence-electron chi connectivity index (χ4n) is 2.47. The minimum atomic E-state index is -0.321. The number of rotatable bonds is 3. The Morgan fingerprint density at radius 3 is 2.72 bits per heavy atom. The maximum absolute atomic E-state index is 12.1. The predicted molar refractivity (Wildman–Crippen MR) is 100 cm³/mol. The smallest absolute Gasteiger partial charge is 0.291 e. The second-order valence-electron chi connectivity index (χ2n) is 5.23. The highest BCUT2D eigenvalue weighted by Gasteiger charge is 2.13. The van der Waals surface area contributed by atoms with Gasteiger partial charge in [0.05, 0.1) is 22.3 Å². The summed E-state index contributed by atoms with van der Waals surface area (Å²) in [5, 5.41) is 3.33. The summed E-state index contributed by atoms with van der Waals surface area (Å²) in [5.74, 6) is 0.573. The van der Waals surface area contributed by atoms with Gasteiger partial charge < -0.3 is 14.7 Å². The molecule has 0 saturated carbocycles. The maximum Gasteiger partial charge on any atom is 0.291 e. The minimum absolute atomic E-state index is 0. The first-order chi connectivity index (χ1) is 11.7. The molecule has 2 N–H and O–H groups in total. The van der Waals surface area contributed by atoms with Gasteiger partial charge >= 0.3 is 0 Å². The Balaban J connectivity index is 0.00000182. The average Bonchev–Trinajstić information content (AvgIpc) is 3.25. The largest absolute Gasteiger partial charge is 0.459 e. The van der Waals surface area contributed by atoms with Crippen LogP contribution in [-0.2, 0) is 0 Å². The molecule has 0 atom stereocenters. The summed E-state index contributed by atoms with van der Waals surface area (Å²) in [7, 11) is 0. The average molecular weight is 374 g/mol. The number of nitrogens with zero attached hydrogens (tertiary/aromatic N) is 1. The number of amides is 1. The van der Waals surface area contributed by atoms with Crippen LogP contribution >= 0.6 is 24.0 Å². The number of hydrogen-bond donors (Lipinski definition) is 2. The van der Waals surface area contributed by atoms with E-state index in [0.29, 0.717) is 22.1 Å². The van der Waals surface area contributed by atoms with Gasteiger partial charge in [0.2, 0.25) is 0 Å². The molecular weight excluding hydrogens is 361 g/mol. The molecule has 4 aromatic rings. The van der Waals surface area contributed by atoms with Crippen molar-refractivity contribution in [2.24, 2.45) is 0 Å². The number of furan rings is 1. The monoisotopic (exact) mass is 373 g/mol. The second-order valence-corrected chi connectivity index (χ2v) is 5.64. The van der Waals surface area contributed by atoms with Gasteiger partial charge in [-0.2, -0.15) is 0 Å². The van der Waals surface area contributed by atoms with Crippen molar-refractivity contribution in [1.82, 2.24) is 9.97 Å². The number of nitrogens with one attached hydrogen (secondary N) is 2. The number of carbonyl (C=O) groups is 1. The van der Waals surface area contributed by atoms with Gasteiger partial charge in [-0.05, 0) is 42.5 Å². The SMILES string of the molecule is Cl.O=C(Nc1ccc(Cl)c(-c2nc3ccccc3[nH]2)c1)c1ccco1. The van der Waals surface area contributed by atoms with Gasteiger partial charge in [-0.15, -0.1) is 12.4 Å². The Hall–Kier alpha value is -2.76. The quantitative estimate of drug-likeness (QED) is 0.521. The van der Waals surface area contributed by atoms with E-state index in [2.05, 4.69) is 15.3 Å². The highest BCUT2D eigenvalue weighted by atomic mass is 35.5. The third kappa shape index (κ3) is 3.38. The molecule has 0 aliphatic rings. The summed E-state index contributed by atoms with van der Waals surface area (Å²) < 4.78 is 5.09. The number of fused-ring (bicyclic) bond motifs is 1. The summed E-state index contributed by atoms with van der Waals surface area (Å²) >= 11 is 6.30. The molecule has 2 aromatic heterocycles. The Kier molecular flexibility index (Phi) is 4.79. The molecule has 126 valence electrons. The van der Waals surface area contributed by atoms with Crippen molar-refractivity contribution >= 4 is 46.6 Å². The van der Waals surface area contributed by atoms with Gasteiger partial charge in [-0.3, -0.25) is 4.79 Å². The summed E-state index contributed by atoms with van der Waals surface area (Å²) in [5.41, 5.74) is 3.10. The normalized spacial score (nSPS) is 10.4. The number of carbonyl (C=O) groups excluding carboxylic acids is 1. The number of H-pyrrole nitrogens is 1. The molecular formula is C18H13Cl2N3O2. The van der Waals surface area contributed by atoms with Crippen LogP contribution in [0.25, 0.3) is 22.4 Å². The molecule has 5 nitrogen and oxygen atoms in total. The van der Waals surface area contributed by atoms with Crippen molar-refractivity contribution in [3.8, 4) is 11.4 Å². The minimum Gasteiger partial charge on any atom is -0.459 e. The lowest BCUT2D eigenvalue weighted by Gasteiger charge is -2.07. The third-order valence-electron chi connectivity index (χ3n) is 3.61. The molecule has 2 aromatic carbocycles. The number of aromatic nitrogens is 2. The lowest BCUT2D eigenvalue weighted by atomic mass is 10.2. The predicted octanol–water partition coefficient (Wildman–Crippen LogP) is 5.15. The summed E-state index contributed by atoms with van der Waals surface area (Å²) in [4.78, 5) is 19.9. The zero-order valence-corrected chi connectivity index (χ0v) is 14.4. The molecule has 7 heteroatoms. The number of imidazole rings is 1. The van der Waals surface area contributed by atoms with Crippen molar-refractivity contribution in [3.63, 3.8) is 0 Å². The summed E-state index contributed by atoms with van der Waals surface area (Å²) in [6.45, 7) is 0. The Morgan fingerprint density at radius 2 is 1.96 bits per heavy atom. The van der Waals surface area contributed by atoms with Crippen LogP contribution in [0.15, 0.2) is 65.3 Å². The topological polar surface area (TPSA) is 70.9 Å². The standard InChI is InChI=1S/C18H12ClN3O2.ClH/c19-13-8-7-11(20-18(23)16-6-3-9-24-16)10-12(13)17-21-14-4-1-2-5-15(14)22-17;/h1-10H,(H,20,23)(H,21,22);1H. The van der Waals surface area contributed by atoms with E-state index < -0.39 is 0 Å². The van der Waals surface area contributed by atoms with Gasteiger partial charge in [0.1, 0.15) is 5.82 Å². The van der Waals surface area contributed by atoms with Gasteiger partial charge in [0, 0.05) is 11.3 Å². The fraction of sp³-hybridized carbons (Fsp3) is 0. The Bertz CT molecular complexity index is 993. The fourth-order valence-corrected chi connectivity index (χ4v) is 2.67. The van der Waals surface area contributed by atoms with E-state index in [9.17, 15) is 4.79 Å². The molecule has 4 rings (SSSR count). The van der Waals surface area contributed by atoms with E-state index in [-0.39, 0.29) is 24.1 Å². The first-order valence-corrected chi connectivity index (χ1v) is 7.68. The number of halogens is 2. The molecule has 1 amide bonds. The van der Waals surface area contributed by atoms with Gasteiger partial charge in [0.25, 0.3) is 5.91 Å². The number of aromatic amines is 1. The van der Waals surface area contributed by atoms with Crippen molar-refractivity contribution < 1.29 is 9.21 Å². The van der Waals surface area contributed by atoms with Crippen LogP contribution in [0.1, 0.15) is 10.6 Å². The molecule has 0 aliphatic heterocycles. The van der Waals surface area contributed by atoms with E-state index in [0.717, 1.165) is 11.0 Å². The molecule has 0 spiro atoms. The van der Waals surface area contributed by atoms with Crippen molar-refractivity contribution in [2.75, 3.05) is 5.32 Å². The Morgan fingerprint density at radius 1 is 1.12 bits per heavy atom. The van der Waals surface area contributed by atoms with Crippen LogP contribution in [0, 0.1) is 0 Å².